The summed E-state index contributed by atoms with van der Waals surface area (Å²) in [6, 6.07) is 0. The Bertz CT molecular complexity index is 329. The molecular formula is C19H33N. The first-order valence-electron chi connectivity index (χ1n) is 9.25. The molecule has 1 saturated heterocycles. The lowest BCUT2D eigenvalue weighted by Crippen LogP contribution is -2.49. The van der Waals surface area contributed by atoms with Gasteiger partial charge in [-0.15, -0.1) is 0 Å². The average Bonchev–Trinajstić information content (AvgIpc) is 2.36. The van der Waals surface area contributed by atoms with E-state index in [0.717, 1.165) is 29.1 Å². The second-order valence-electron chi connectivity index (χ2n) is 9.61. The second kappa shape index (κ2) is 4.73. The van der Waals surface area contributed by atoms with E-state index < -0.39 is 0 Å². The molecule has 4 saturated carbocycles. The van der Waals surface area contributed by atoms with E-state index in [0.29, 0.717) is 5.41 Å². The molecule has 0 unspecified atom stereocenters. The summed E-state index contributed by atoms with van der Waals surface area (Å²) >= 11 is 0. The normalized spacial score (nSPS) is 45.0. The fraction of sp³-hybridized carbons (Fsp3) is 1.00. The van der Waals surface area contributed by atoms with E-state index in [4.69, 9.17) is 0 Å². The quantitative estimate of drug-likeness (QED) is 0.792. The molecule has 1 nitrogen and oxygen atoms in total. The van der Waals surface area contributed by atoms with Gasteiger partial charge in [0.25, 0.3) is 0 Å². The molecule has 0 amide bonds. The summed E-state index contributed by atoms with van der Waals surface area (Å²) in [6.45, 7) is 7.72. The van der Waals surface area contributed by atoms with Crippen molar-refractivity contribution in [1.29, 1.82) is 0 Å². The zero-order chi connectivity index (χ0) is 13.8. The monoisotopic (exact) mass is 275 g/mol. The minimum atomic E-state index is 0.577. The topological polar surface area (TPSA) is 12.0 Å². The van der Waals surface area contributed by atoms with Crippen molar-refractivity contribution in [2.75, 3.05) is 13.1 Å². The second-order valence-corrected chi connectivity index (χ2v) is 9.61. The Morgan fingerprint density at radius 1 is 0.900 bits per heavy atom. The predicted octanol–water partition coefficient (Wildman–Crippen LogP) is 4.62. The molecule has 4 aliphatic carbocycles. The van der Waals surface area contributed by atoms with E-state index in [9.17, 15) is 0 Å². The van der Waals surface area contributed by atoms with Crippen molar-refractivity contribution in [3.05, 3.63) is 0 Å². The van der Waals surface area contributed by atoms with E-state index >= 15 is 0 Å². The van der Waals surface area contributed by atoms with Crippen LogP contribution in [0.2, 0.25) is 0 Å². The van der Waals surface area contributed by atoms with E-state index in [2.05, 4.69) is 19.2 Å². The summed E-state index contributed by atoms with van der Waals surface area (Å²) in [5.74, 6) is 4.32. The molecule has 5 aliphatic rings. The van der Waals surface area contributed by atoms with Gasteiger partial charge in [0.05, 0.1) is 0 Å². The largest absolute Gasteiger partial charge is 0.317 e. The maximum Gasteiger partial charge on any atom is -0.00461 e. The predicted molar refractivity (Wildman–Crippen MR) is 84.6 cm³/mol. The summed E-state index contributed by atoms with van der Waals surface area (Å²) in [4.78, 5) is 0. The van der Waals surface area contributed by atoms with Crippen molar-refractivity contribution in [2.24, 2.45) is 34.5 Å². The third kappa shape index (κ3) is 2.34. The van der Waals surface area contributed by atoms with Crippen LogP contribution in [0, 0.1) is 34.5 Å². The van der Waals surface area contributed by atoms with E-state index in [1.165, 1.54) is 32.4 Å². The lowest BCUT2D eigenvalue weighted by Gasteiger charge is -2.59. The summed E-state index contributed by atoms with van der Waals surface area (Å²) < 4.78 is 0. The van der Waals surface area contributed by atoms with Crippen LogP contribution in [0.5, 0.6) is 0 Å². The molecule has 1 heterocycles. The standard InChI is InChI=1S/C19H33N/c1-18(2,17-3-5-20-6-4-17)13-19-10-14-7-15(11-19)9-16(8-14)12-19/h14-17,20H,3-13H2,1-2H3. The van der Waals surface area contributed by atoms with E-state index in [1.807, 2.05) is 0 Å². The van der Waals surface area contributed by atoms with Crippen LogP contribution in [-0.2, 0) is 0 Å². The fourth-order valence-corrected chi connectivity index (χ4v) is 7.22. The van der Waals surface area contributed by atoms with Gasteiger partial charge in [-0.3, -0.25) is 0 Å². The molecule has 1 aliphatic heterocycles. The number of piperidine rings is 1. The van der Waals surface area contributed by atoms with Gasteiger partial charge in [0.2, 0.25) is 0 Å². The van der Waals surface area contributed by atoms with Crippen LogP contribution >= 0.6 is 0 Å². The molecule has 0 spiro atoms. The highest BCUT2D eigenvalue weighted by atomic mass is 14.9. The molecule has 4 bridgehead atoms. The smallest absolute Gasteiger partial charge is 0.00461 e. The summed E-state index contributed by atoms with van der Waals surface area (Å²) in [5, 5.41) is 3.55. The molecule has 20 heavy (non-hydrogen) atoms. The first-order chi connectivity index (χ1) is 9.55. The third-order valence-corrected chi connectivity index (χ3v) is 7.44. The van der Waals surface area contributed by atoms with Crippen molar-refractivity contribution in [3.8, 4) is 0 Å². The lowest BCUT2D eigenvalue weighted by atomic mass is 9.46. The SMILES string of the molecule is CC(C)(CC12CC3CC(CC(C3)C1)C2)C1CCNCC1. The van der Waals surface area contributed by atoms with Gasteiger partial charge in [0.1, 0.15) is 0 Å². The molecule has 5 fully saturated rings. The van der Waals surface area contributed by atoms with Crippen LogP contribution in [0.15, 0.2) is 0 Å². The van der Waals surface area contributed by atoms with Gasteiger partial charge >= 0.3 is 0 Å². The zero-order valence-corrected chi connectivity index (χ0v) is 13.6. The summed E-state index contributed by atoms with van der Waals surface area (Å²) in [7, 11) is 0. The minimum absolute atomic E-state index is 0.577. The van der Waals surface area contributed by atoms with Crippen molar-refractivity contribution in [3.63, 3.8) is 0 Å². The molecule has 0 aromatic carbocycles. The van der Waals surface area contributed by atoms with Gasteiger partial charge < -0.3 is 5.32 Å². The minimum Gasteiger partial charge on any atom is -0.317 e. The highest BCUT2D eigenvalue weighted by Crippen LogP contribution is 2.63. The number of nitrogens with one attached hydrogen (secondary N) is 1. The Balaban J connectivity index is 1.50. The highest BCUT2D eigenvalue weighted by molar-refractivity contribution is 5.03. The highest BCUT2D eigenvalue weighted by Gasteiger charge is 2.52. The van der Waals surface area contributed by atoms with Crippen LogP contribution in [0.1, 0.15) is 71.6 Å². The van der Waals surface area contributed by atoms with Crippen LogP contribution in [0.25, 0.3) is 0 Å². The van der Waals surface area contributed by atoms with Gasteiger partial charge in [-0.2, -0.15) is 0 Å². The molecule has 0 aromatic rings. The Morgan fingerprint density at radius 3 is 1.90 bits per heavy atom. The van der Waals surface area contributed by atoms with Crippen molar-refractivity contribution < 1.29 is 0 Å². The Hall–Kier alpha value is -0.0400. The van der Waals surface area contributed by atoms with Gasteiger partial charge in [0.15, 0.2) is 0 Å². The Labute approximate surface area is 125 Å². The molecule has 1 N–H and O–H groups in total. The van der Waals surface area contributed by atoms with Crippen molar-refractivity contribution in [2.45, 2.75) is 71.6 Å². The van der Waals surface area contributed by atoms with Crippen LogP contribution in [0.3, 0.4) is 0 Å². The number of hydrogen-bond acceptors (Lipinski definition) is 1. The first kappa shape index (κ1) is 13.6. The van der Waals surface area contributed by atoms with Crippen molar-refractivity contribution >= 4 is 0 Å². The molecule has 0 aromatic heterocycles. The maximum atomic E-state index is 3.55. The molecule has 114 valence electrons. The van der Waals surface area contributed by atoms with Gasteiger partial charge in [0, 0.05) is 0 Å². The summed E-state index contributed by atoms with van der Waals surface area (Å²) in [5.41, 5.74) is 1.34. The van der Waals surface area contributed by atoms with E-state index in [-0.39, 0.29) is 0 Å². The van der Waals surface area contributed by atoms with Crippen LogP contribution in [-0.4, -0.2) is 13.1 Å². The van der Waals surface area contributed by atoms with Crippen LogP contribution < -0.4 is 5.32 Å². The van der Waals surface area contributed by atoms with E-state index in [1.54, 1.807) is 38.5 Å². The number of hydrogen-bond donors (Lipinski definition) is 1. The third-order valence-electron chi connectivity index (χ3n) is 7.44. The van der Waals surface area contributed by atoms with Gasteiger partial charge in [-0.1, -0.05) is 13.8 Å². The molecule has 0 atom stereocenters. The molecular weight excluding hydrogens is 242 g/mol. The fourth-order valence-electron chi connectivity index (χ4n) is 7.22. The van der Waals surface area contributed by atoms with Gasteiger partial charge in [-0.05, 0) is 105 Å². The van der Waals surface area contributed by atoms with Crippen molar-refractivity contribution in [1.82, 2.24) is 5.32 Å². The van der Waals surface area contributed by atoms with Gasteiger partial charge in [-0.25, -0.2) is 0 Å². The maximum absolute atomic E-state index is 3.55. The lowest BCUT2D eigenvalue weighted by molar-refractivity contribution is -0.0834. The molecule has 1 heteroatoms. The summed E-state index contributed by atoms with van der Waals surface area (Å²) in [6.07, 6.45) is 13.9. The molecule has 0 radical (unpaired) electrons. The Morgan fingerprint density at radius 2 is 1.40 bits per heavy atom. The first-order valence-corrected chi connectivity index (χ1v) is 9.25. The Kier molecular flexibility index (Phi) is 3.22. The zero-order valence-electron chi connectivity index (χ0n) is 13.6. The number of rotatable bonds is 3. The molecule has 5 rings (SSSR count). The average molecular weight is 275 g/mol. The van der Waals surface area contributed by atoms with Crippen LogP contribution in [0.4, 0.5) is 0 Å².